The lowest BCUT2D eigenvalue weighted by Crippen LogP contribution is -2.03. The molecule has 0 bridgehead atoms. The molecule has 0 unspecified atom stereocenters. The van der Waals surface area contributed by atoms with Gasteiger partial charge < -0.3 is 4.57 Å². The first-order valence-corrected chi connectivity index (χ1v) is 14.0. The van der Waals surface area contributed by atoms with E-state index in [4.69, 9.17) is 4.99 Å². The molecule has 2 aromatic heterocycles. The zero-order valence-corrected chi connectivity index (χ0v) is 23.1. The number of nitrogens with zero attached hydrogens (tertiary/aromatic N) is 3. The highest BCUT2D eigenvalue weighted by atomic mass is 15.1. The number of hydrogen-bond acceptors (Lipinski definition) is 1. The lowest BCUT2D eigenvalue weighted by Gasteiger charge is -2.14. The normalized spacial score (nSPS) is 13.0. The molecule has 0 aliphatic heterocycles. The maximum absolute atomic E-state index is 5.36. The molecule has 7 aromatic rings. The summed E-state index contributed by atoms with van der Waals surface area (Å²) in [5, 5.41) is 4.98. The number of aliphatic imine (C=N–C) groups is 1. The zero-order chi connectivity index (χ0) is 27.2. The summed E-state index contributed by atoms with van der Waals surface area (Å²) in [6.07, 6.45) is 0.913. The summed E-state index contributed by atoms with van der Waals surface area (Å²) >= 11 is 0. The lowest BCUT2D eigenvalue weighted by molar-refractivity contribution is 1.04. The van der Waals surface area contributed by atoms with Gasteiger partial charge in [-0.05, 0) is 61.7 Å². The summed E-state index contributed by atoms with van der Waals surface area (Å²) in [5.74, 6) is 0.999. The fraction of sp³-hybridized carbons (Fsp3) is 0.108. The monoisotopic (exact) mass is 517 g/mol. The lowest BCUT2D eigenvalue weighted by atomic mass is 10.1. The molecule has 0 amide bonds. The van der Waals surface area contributed by atoms with Crippen LogP contribution in [0.15, 0.2) is 132 Å². The molecular weight excluding hydrogens is 486 g/mol. The fourth-order valence-electron chi connectivity index (χ4n) is 5.98. The van der Waals surface area contributed by atoms with Gasteiger partial charge in [-0.3, -0.25) is 4.57 Å². The van der Waals surface area contributed by atoms with Gasteiger partial charge in [0.2, 0.25) is 0 Å². The van der Waals surface area contributed by atoms with Gasteiger partial charge in [0.15, 0.2) is 0 Å². The van der Waals surface area contributed by atoms with E-state index in [2.05, 4.69) is 151 Å². The van der Waals surface area contributed by atoms with E-state index >= 15 is 0 Å². The summed E-state index contributed by atoms with van der Waals surface area (Å²) in [5.41, 5.74) is 9.33. The van der Waals surface area contributed by atoms with E-state index < -0.39 is 0 Å². The molecule has 0 radical (unpaired) electrons. The van der Waals surface area contributed by atoms with E-state index in [1.165, 1.54) is 49.2 Å². The van der Waals surface area contributed by atoms with Gasteiger partial charge in [-0.25, -0.2) is 4.99 Å². The van der Waals surface area contributed by atoms with Crippen molar-refractivity contribution in [1.29, 1.82) is 0 Å². The van der Waals surface area contributed by atoms with Crippen molar-refractivity contribution < 1.29 is 0 Å². The van der Waals surface area contributed by atoms with Crippen molar-refractivity contribution in [2.75, 3.05) is 0 Å². The van der Waals surface area contributed by atoms with Crippen LogP contribution in [0.4, 0.5) is 0 Å². The molecule has 2 heterocycles. The average molecular weight is 518 g/mol. The van der Waals surface area contributed by atoms with Crippen LogP contribution < -0.4 is 0 Å². The zero-order valence-electron chi connectivity index (χ0n) is 23.1. The van der Waals surface area contributed by atoms with Crippen LogP contribution in [-0.4, -0.2) is 14.8 Å². The molecule has 3 nitrogen and oxygen atoms in total. The van der Waals surface area contributed by atoms with E-state index in [1.54, 1.807) is 0 Å². The Balaban J connectivity index is 1.67. The van der Waals surface area contributed by atoms with Gasteiger partial charge in [0.1, 0.15) is 5.82 Å². The minimum Gasteiger partial charge on any atom is -0.309 e. The Labute approximate surface area is 234 Å². The second kappa shape index (κ2) is 9.69. The first-order valence-electron chi connectivity index (χ1n) is 14.0. The van der Waals surface area contributed by atoms with Crippen LogP contribution in [0.1, 0.15) is 32.8 Å². The summed E-state index contributed by atoms with van der Waals surface area (Å²) in [4.78, 5) is 5.36. The second-order valence-corrected chi connectivity index (χ2v) is 10.4. The second-order valence-electron chi connectivity index (χ2n) is 10.4. The molecule has 5 aromatic carbocycles. The Bertz CT molecular complexity index is 2090. The third kappa shape index (κ3) is 3.70. The van der Waals surface area contributed by atoms with Crippen molar-refractivity contribution in [2.45, 2.75) is 27.2 Å². The number of allylic oxidation sites excluding steroid dienone is 1. The highest BCUT2D eigenvalue weighted by Gasteiger charge is 2.22. The van der Waals surface area contributed by atoms with Crippen molar-refractivity contribution in [3.05, 3.63) is 132 Å². The van der Waals surface area contributed by atoms with Crippen LogP contribution in [0.5, 0.6) is 0 Å². The number of para-hydroxylation sites is 3. The molecule has 0 fully saturated rings. The third-order valence-corrected chi connectivity index (χ3v) is 8.07. The third-order valence-electron chi connectivity index (χ3n) is 8.07. The van der Waals surface area contributed by atoms with E-state index in [0.717, 1.165) is 29.2 Å². The van der Waals surface area contributed by atoms with Crippen molar-refractivity contribution in [2.24, 2.45) is 4.99 Å². The van der Waals surface area contributed by atoms with E-state index in [9.17, 15) is 0 Å². The quantitative estimate of drug-likeness (QED) is 0.203. The molecule has 3 heteroatoms. The average Bonchev–Trinajstić information content (AvgIpc) is 3.53. The van der Waals surface area contributed by atoms with Crippen molar-refractivity contribution in [3.8, 4) is 5.69 Å². The number of aromatic nitrogens is 2. The van der Waals surface area contributed by atoms with Crippen molar-refractivity contribution >= 4 is 55.1 Å². The van der Waals surface area contributed by atoms with Gasteiger partial charge >= 0.3 is 0 Å². The highest BCUT2D eigenvalue weighted by molar-refractivity contribution is 6.26. The predicted molar refractivity (Wildman–Crippen MR) is 172 cm³/mol. The number of fused-ring (bicyclic) bond motifs is 7. The smallest absolute Gasteiger partial charge is 0.136 e. The SMILES string of the molecule is CCC(C)=C(/N=C(\C)c1ccccc1)n1c2ccccc2c2ccc3c(c4ccccc4n3-c3ccccc3)c21. The predicted octanol–water partition coefficient (Wildman–Crippen LogP) is 10.00. The Morgan fingerprint density at radius 3 is 1.95 bits per heavy atom. The molecule has 0 spiro atoms. The van der Waals surface area contributed by atoms with E-state index in [0.29, 0.717) is 0 Å². The minimum atomic E-state index is 0.913. The first kappa shape index (κ1) is 24.2. The Morgan fingerprint density at radius 2 is 1.23 bits per heavy atom. The number of benzene rings is 5. The van der Waals surface area contributed by atoms with E-state index in [1.807, 2.05) is 0 Å². The maximum atomic E-state index is 5.36. The van der Waals surface area contributed by atoms with Crippen LogP contribution in [0, 0.1) is 0 Å². The van der Waals surface area contributed by atoms with Crippen LogP contribution >= 0.6 is 0 Å². The minimum absolute atomic E-state index is 0.913. The molecule has 0 atom stereocenters. The first-order chi connectivity index (χ1) is 19.7. The van der Waals surface area contributed by atoms with Gasteiger partial charge in [0.25, 0.3) is 0 Å². The van der Waals surface area contributed by atoms with Gasteiger partial charge in [-0.2, -0.15) is 0 Å². The molecule has 40 heavy (non-hydrogen) atoms. The Kier molecular flexibility index (Phi) is 5.86. The van der Waals surface area contributed by atoms with Gasteiger partial charge in [-0.1, -0.05) is 97.9 Å². The number of rotatable bonds is 5. The van der Waals surface area contributed by atoms with Crippen LogP contribution in [0.2, 0.25) is 0 Å². The highest BCUT2D eigenvalue weighted by Crippen LogP contribution is 2.42. The van der Waals surface area contributed by atoms with Gasteiger partial charge in [0.05, 0.1) is 22.1 Å². The Hall–Kier alpha value is -4.89. The summed E-state index contributed by atoms with van der Waals surface area (Å²) in [7, 11) is 0. The van der Waals surface area contributed by atoms with Gasteiger partial charge in [0, 0.05) is 32.9 Å². The van der Waals surface area contributed by atoms with Crippen LogP contribution in [0.3, 0.4) is 0 Å². The number of hydrogen-bond donors (Lipinski definition) is 0. The summed E-state index contributed by atoms with van der Waals surface area (Å²) in [6, 6.07) is 43.2. The van der Waals surface area contributed by atoms with Crippen molar-refractivity contribution in [3.63, 3.8) is 0 Å². The topological polar surface area (TPSA) is 22.2 Å². The molecule has 7 rings (SSSR count). The van der Waals surface area contributed by atoms with Gasteiger partial charge in [-0.15, -0.1) is 0 Å². The van der Waals surface area contributed by atoms with Crippen molar-refractivity contribution in [1.82, 2.24) is 9.13 Å². The van der Waals surface area contributed by atoms with E-state index in [-0.39, 0.29) is 0 Å². The molecular formula is C37H31N3. The summed E-state index contributed by atoms with van der Waals surface area (Å²) in [6.45, 7) is 6.54. The molecule has 194 valence electrons. The standard InChI is InChI=1S/C37H31N3/c1-4-25(2)37(38-26(3)27-15-7-5-8-16-27)40-32-21-13-11-19-29(32)30-23-24-34-35(36(30)40)31-20-12-14-22-33(31)39(34)28-17-9-6-10-18-28/h5-24H,4H2,1-3H3/b37-25?,38-26+. The Morgan fingerprint density at radius 1 is 0.600 bits per heavy atom. The largest absolute Gasteiger partial charge is 0.309 e. The molecule has 0 saturated carbocycles. The van der Waals surface area contributed by atoms with Crippen LogP contribution in [-0.2, 0) is 0 Å². The van der Waals surface area contributed by atoms with Crippen LogP contribution in [0.25, 0.3) is 55.1 Å². The fourth-order valence-corrected chi connectivity index (χ4v) is 5.98. The molecule has 0 saturated heterocycles. The molecule has 0 aliphatic carbocycles. The summed E-state index contributed by atoms with van der Waals surface area (Å²) < 4.78 is 4.81. The molecule has 0 N–H and O–H groups in total. The maximum Gasteiger partial charge on any atom is 0.136 e. The molecule has 0 aliphatic rings.